The first-order chi connectivity index (χ1) is 7.80. The number of hydrogen-bond acceptors (Lipinski definition) is 2. The van der Waals surface area contributed by atoms with E-state index in [1.165, 1.54) is 6.42 Å². The van der Waals surface area contributed by atoms with Gasteiger partial charge in [-0.3, -0.25) is 4.79 Å². The largest absolute Gasteiger partial charge is 0.342 e. The molecule has 2 aliphatic rings. The molecule has 1 aliphatic heterocycles. The number of rotatable bonds is 2. The van der Waals surface area contributed by atoms with Gasteiger partial charge in [0.15, 0.2) is 0 Å². The molecule has 1 heterocycles. The number of amides is 1. The molecule has 1 saturated carbocycles. The molecule has 3 nitrogen and oxygen atoms in total. The molecule has 1 amide bonds. The Morgan fingerprint density at radius 3 is 2.47 bits per heavy atom. The summed E-state index contributed by atoms with van der Waals surface area (Å²) in [5.74, 6) is 0.917. The summed E-state index contributed by atoms with van der Waals surface area (Å²) in [7, 11) is 0. The lowest BCUT2D eigenvalue weighted by Crippen LogP contribution is -2.50. The van der Waals surface area contributed by atoms with Gasteiger partial charge in [-0.05, 0) is 37.0 Å². The molecular formula is C14H26N2O. The first kappa shape index (κ1) is 12.9. The van der Waals surface area contributed by atoms with Crippen LogP contribution in [0.4, 0.5) is 0 Å². The van der Waals surface area contributed by atoms with E-state index in [1.54, 1.807) is 0 Å². The van der Waals surface area contributed by atoms with Crippen LogP contribution >= 0.6 is 0 Å². The van der Waals surface area contributed by atoms with Gasteiger partial charge in [0.1, 0.15) is 0 Å². The summed E-state index contributed by atoms with van der Waals surface area (Å²) in [4.78, 5) is 14.2. The van der Waals surface area contributed by atoms with Gasteiger partial charge in [0.25, 0.3) is 0 Å². The van der Waals surface area contributed by atoms with Crippen molar-refractivity contribution in [2.24, 2.45) is 17.1 Å². The topological polar surface area (TPSA) is 46.3 Å². The number of nitrogens with zero attached hydrogens (tertiary/aromatic N) is 1. The minimum Gasteiger partial charge on any atom is -0.342 e. The number of hydrogen-bond donors (Lipinski definition) is 1. The molecule has 2 rings (SSSR count). The van der Waals surface area contributed by atoms with Gasteiger partial charge in [-0.2, -0.15) is 0 Å². The number of nitrogens with two attached hydrogens (primary N) is 1. The lowest BCUT2D eigenvalue weighted by molar-refractivity contribution is -0.132. The molecular weight excluding hydrogens is 212 g/mol. The Kier molecular flexibility index (Phi) is 3.23. The normalized spacial score (nSPS) is 28.0. The Labute approximate surface area is 105 Å². The molecule has 0 spiro atoms. The standard InChI is InChI=1S/C14H26N2O/c1-13(2,3)11-5-8-16(10-11)12(17)9-14(15)6-4-7-14/h11H,4-10,15H2,1-3H3. The second kappa shape index (κ2) is 4.27. The van der Waals surface area contributed by atoms with E-state index in [4.69, 9.17) is 5.73 Å². The molecule has 3 heteroatoms. The second-order valence-corrected chi connectivity index (χ2v) is 7.08. The van der Waals surface area contributed by atoms with E-state index < -0.39 is 0 Å². The van der Waals surface area contributed by atoms with Crippen molar-refractivity contribution in [2.75, 3.05) is 13.1 Å². The van der Waals surface area contributed by atoms with Crippen LogP contribution in [0.2, 0.25) is 0 Å². The first-order valence-electron chi connectivity index (χ1n) is 6.87. The summed E-state index contributed by atoms with van der Waals surface area (Å²) in [5, 5.41) is 0. The van der Waals surface area contributed by atoms with E-state index in [0.717, 1.165) is 32.4 Å². The van der Waals surface area contributed by atoms with Crippen LogP contribution in [0.15, 0.2) is 0 Å². The van der Waals surface area contributed by atoms with E-state index in [1.807, 2.05) is 4.90 Å². The Bertz CT molecular complexity index is 302. The zero-order valence-corrected chi connectivity index (χ0v) is 11.5. The Morgan fingerprint density at radius 1 is 1.41 bits per heavy atom. The lowest BCUT2D eigenvalue weighted by atomic mass is 9.75. The van der Waals surface area contributed by atoms with Crippen LogP contribution < -0.4 is 5.73 Å². The molecule has 1 aliphatic carbocycles. The van der Waals surface area contributed by atoms with Gasteiger partial charge in [-0.15, -0.1) is 0 Å². The van der Waals surface area contributed by atoms with Crippen LogP contribution in [0.5, 0.6) is 0 Å². The average Bonchev–Trinajstić information content (AvgIpc) is 2.63. The highest BCUT2D eigenvalue weighted by atomic mass is 16.2. The second-order valence-electron chi connectivity index (χ2n) is 7.08. The summed E-state index contributed by atoms with van der Waals surface area (Å²) in [5.41, 5.74) is 6.29. The van der Waals surface area contributed by atoms with E-state index in [0.29, 0.717) is 17.8 Å². The van der Waals surface area contributed by atoms with Crippen LogP contribution in [0.3, 0.4) is 0 Å². The number of likely N-dealkylation sites (tertiary alicyclic amines) is 1. The van der Waals surface area contributed by atoms with E-state index >= 15 is 0 Å². The van der Waals surface area contributed by atoms with E-state index in [2.05, 4.69) is 20.8 Å². The molecule has 0 aromatic heterocycles. The van der Waals surface area contributed by atoms with Crippen molar-refractivity contribution in [1.82, 2.24) is 4.90 Å². The molecule has 2 fully saturated rings. The molecule has 0 bridgehead atoms. The quantitative estimate of drug-likeness (QED) is 0.801. The minimum atomic E-state index is -0.170. The van der Waals surface area contributed by atoms with Gasteiger partial charge >= 0.3 is 0 Å². The highest BCUT2D eigenvalue weighted by Gasteiger charge is 2.39. The summed E-state index contributed by atoms with van der Waals surface area (Å²) in [6.07, 6.45) is 4.94. The van der Waals surface area contributed by atoms with Gasteiger partial charge < -0.3 is 10.6 Å². The van der Waals surface area contributed by atoms with E-state index in [-0.39, 0.29) is 11.4 Å². The summed E-state index contributed by atoms with van der Waals surface area (Å²) in [6.45, 7) is 8.65. The van der Waals surface area contributed by atoms with Gasteiger partial charge in [0.2, 0.25) is 5.91 Å². The predicted octanol–water partition coefficient (Wildman–Crippen LogP) is 2.15. The maximum absolute atomic E-state index is 12.2. The fourth-order valence-corrected chi connectivity index (χ4v) is 2.91. The lowest BCUT2D eigenvalue weighted by Gasteiger charge is -2.38. The SMILES string of the molecule is CC(C)(C)C1CCN(C(=O)CC2(N)CCC2)C1. The van der Waals surface area contributed by atoms with Crippen molar-refractivity contribution < 1.29 is 4.79 Å². The van der Waals surface area contributed by atoms with Crippen molar-refractivity contribution in [3.05, 3.63) is 0 Å². The molecule has 2 N–H and O–H groups in total. The molecule has 17 heavy (non-hydrogen) atoms. The Balaban J connectivity index is 1.86. The molecule has 1 unspecified atom stereocenters. The van der Waals surface area contributed by atoms with Crippen LogP contribution in [-0.4, -0.2) is 29.4 Å². The zero-order valence-electron chi connectivity index (χ0n) is 11.5. The van der Waals surface area contributed by atoms with Crippen molar-refractivity contribution in [1.29, 1.82) is 0 Å². The van der Waals surface area contributed by atoms with Crippen molar-refractivity contribution in [2.45, 2.75) is 58.4 Å². The highest BCUT2D eigenvalue weighted by Crippen LogP contribution is 2.36. The molecule has 98 valence electrons. The third kappa shape index (κ3) is 2.82. The summed E-state index contributed by atoms with van der Waals surface area (Å²) in [6, 6.07) is 0. The molecule has 0 aromatic rings. The van der Waals surface area contributed by atoms with Crippen molar-refractivity contribution >= 4 is 5.91 Å². The molecule has 0 radical (unpaired) electrons. The van der Waals surface area contributed by atoms with Crippen LogP contribution in [0.25, 0.3) is 0 Å². The molecule has 0 aromatic carbocycles. The third-order valence-corrected chi connectivity index (χ3v) is 4.62. The van der Waals surface area contributed by atoms with Crippen LogP contribution in [0.1, 0.15) is 52.9 Å². The Hall–Kier alpha value is -0.570. The smallest absolute Gasteiger partial charge is 0.224 e. The fraction of sp³-hybridized carbons (Fsp3) is 0.929. The van der Waals surface area contributed by atoms with Crippen molar-refractivity contribution in [3.63, 3.8) is 0 Å². The molecule has 1 atom stereocenters. The van der Waals surface area contributed by atoms with Gasteiger partial charge in [0, 0.05) is 25.0 Å². The van der Waals surface area contributed by atoms with E-state index in [9.17, 15) is 4.79 Å². The zero-order chi connectivity index (χ0) is 12.7. The Morgan fingerprint density at radius 2 is 2.06 bits per heavy atom. The molecule has 1 saturated heterocycles. The summed E-state index contributed by atoms with van der Waals surface area (Å²) >= 11 is 0. The first-order valence-corrected chi connectivity index (χ1v) is 6.87. The fourth-order valence-electron chi connectivity index (χ4n) is 2.91. The maximum Gasteiger partial charge on any atom is 0.224 e. The highest BCUT2D eigenvalue weighted by molar-refractivity contribution is 5.78. The van der Waals surface area contributed by atoms with Crippen LogP contribution in [0, 0.1) is 11.3 Å². The summed E-state index contributed by atoms with van der Waals surface area (Å²) < 4.78 is 0. The predicted molar refractivity (Wildman–Crippen MR) is 69.5 cm³/mol. The van der Waals surface area contributed by atoms with Gasteiger partial charge in [-0.25, -0.2) is 0 Å². The van der Waals surface area contributed by atoms with Gasteiger partial charge in [0.05, 0.1) is 0 Å². The monoisotopic (exact) mass is 238 g/mol. The maximum atomic E-state index is 12.2. The average molecular weight is 238 g/mol. The third-order valence-electron chi connectivity index (χ3n) is 4.62. The van der Waals surface area contributed by atoms with Crippen LogP contribution in [-0.2, 0) is 4.79 Å². The van der Waals surface area contributed by atoms with Gasteiger partial charge in [-0.1, -0.05) is 20.8 Å². The number of carbonyl (C=O) groups excluding carboxylic acids is 1. The minimum absolute atomic E-state index is 0.170. The van der Waals surface area contributed by atoms with Crippen molar-refractivity contribution in [3.8, 4) is 0 Å². The number of carbonyl (C=O) groups is 1.